The molecule has 11 heteroatoms. The number of benzene rings is 3. The highest BCUT2D eigenvalue weighted by molar-refractivity contribution is 6.00. The first-order valence-corrected chi connectivity index (χ1v) is 17.6. The minimum atomic E-state index is -4.52. The molecule has 1 heterocycles. The number of nitrogens with one attached hydrogen (secondary N) is 2. The monoisotopic (exact) mass is 697 g/mol. The summed E-state index contributed by atoms with van der Waals surface area (Å²) in [4.78, 5) is 29.6. The molecule has 50 heavy (non-hydrogen) atoms. The van der Waals surface area contributed by atoms with E-state index in [9.17, 15) is 35.9 Å². The molecule has 0 spiro atoms. The summed E-state index contributed by atoms with van der Waals surface area (Å²) in [5, 5.41) is 5.45. The molecule has 1 unspecified atom stereocenters. The van der Waals surface area contributed by atoms with Gasteiger partial charge in [-0.15, -0.1) is 0 Å². The van der Waals surface area contributed by atoms with Gasteiger partial charge in [-0.05, 0) is 97.4 Å². The number of unbranched alkanes of at least 4 members (excludes halogenated alkanes) is 1. The summed E-state index contributed by atoms with van der Waals surface area (Å²) < 4.78 is 79.0. The number of hydrogen-bond donors (Lipinski definition) is 2. The molecule has 1 saturated heterocycles. The van der Waals surface area contributed by atoms with Gasteiger partial charge in [-0.25, -0.2) is 0 Å². The van der Waals surface area contributed by atoms with E-state index in [2.05, 4.69) is 15.5 Å². The number of rotatable bonds is 10. The normalized spacial score (nSPS) is 24.3. The molecule has 4 fully saturated rings. The molecule has 1 atom stereocenters. The third-order valence-electron chi connectivity index (χ3n) is 11.8. The van der Waals surface area contributed by atoms with Gasteiger partial charge in [0.15, 0.2) is 0 Å². The highest BCUT2D eigenvalue weighted by Gasteiger charge is 2.60. The van der Waals surface area contributed by atoms with Gasteiger partial charge in [0.25, 0.3) is 0 Å². The highest BCUT2D eigenvalue weighted by Crippen LogP contribution is 2.63. The van der Waals surface area contributed by atoms with Crippen LogP contribution in [0.15, 0.2) is 72.8 Å². The number of nitrogens with zero attached hydrogens (tertiary/aromatic N) is 1. The number of alkyl halides is 6. The highest BCUT2D eigenvalue weighted by atomic mass is 19.4. The lowest BCUT2D eigenvalue weighted by Gasteiger charge is -2.42. The van der Waals surface area contributed by atoms with Crippen molar-refractivity contribution >= 4 is 11.8 Å². The van der Waals surface area contributed by atoms with Gasteiger partial charge < -0.3 is 15.5 Å². The van der Waals surface area contributed by atoms with E-state index in [1.165, 1.54) is 0 Å². The minimum Gasteiger partial charge on any atom is -0.353 e. The molecule has 4 aliphatic carbocycles. The number of carbonyl (C=O) groups excluding carboxylic acids is 2. The molecule has 0 radical (unpaired) electrons. The van der Waals surface area contributed by atoms with Crippen molar-refractivity contribution in [3.8, 4) is 11.1 Å². The summed E-state index contributed by atoms with van der Waals surface area (Å²) in [6, 6.07) is 20.3. The Bertz CT molecular complexity index is 1680. The number of hydrogen-bond acceptors (Lipinski definition) is 3. The molecule has 5 nitrogen and oxygen atoms in total. The van der Waals surface area contributed by atoms with Crippen molar-refractivity contribution < 1.29 is 35.9 Å². The van der Waals surface area contributed by atoms with Crippen LogP contribution in [-0.2, 0) is 26.6 Å². The Morgan fingerprint density at radius 2 is 1.40 bits per heavy atom. The first-order valence-electron chi connectivity index (χ1n) is 17.6. The second-order valence-corrected chi connectivity index (χ2v) is 14.7. The number of fused-ring (bicyclic) bond motifs is 4. The van der Waals surface area contributed by atoms with Gasteiger partial charge in [-0.1, -0.05) is 67.1 Å². The van der Waals surface area contributed by atoms with E-state index < -0.39 is 35.8 Å². The van der Waals surface area contributed by atoms with Crippen LogP contribution in [0.3, 0.4) is 0 Å². The average molecular weight is 698 g/mol. The van der Waals surface area contributed by atoms with Crippen LogP contribution < -0.4 is 10.6 Å². The third-order valence-corrected chi connectivity index (χ3v) is 11.8. The van der Waals surface area contributed by atoms with Crippen molar-refractivity contribution in [1.29, 1.82) is 0 Å². The second-order valence-electron chi connectivity index (χ2n) is 14.7. The molecular weight excluding hydrogens is 656 g/mol. The van der Waals surface area contributed by atoms with E-state index in [0.29, 0.717) is 18.8 Å². The van der Waals surface area contributed by atoms with Gasteiger partial charge >= 0.3 is 12.4 Å². The number of carbonyl (C=O) groups is 2. The lowest BCUT2D eigenvalue weighted by atomic mass is 9.62. The summed E-state index contributed by atoms with van der Waals surface area (Å²) in [6.45, 7) is 0.947. The molecule has 266 valence electrons. The fraction of sp³-hybridized carbons (Fsp3) is 0.487. The van der Waals surface area contributed by atoms with Crippen LogP contribution in [0, 0.1) is 11.8 Å². The number of amides is 2. The lowest BCUT2D eigenvalue weighted by molar-refractivity contribution is -0.141. The Balaban J connectivity index is 0.937. The summed E-state index contributed by atoms with van der Waals surface area (Å²) >= 11 is 0. The van der Waals surface area contributed by atoms with E-state index >= 15 is 0 Å². The number of halogens is 6. The van der Waals surface area contributed by atoms with E-state index in [0.717, 1.165) is 98.1 Å². The molecule has 0 aromatic heterocycles. The Morgan fingerprint density at radius 3 is 1.98 bits per heavy atom. The first-order chi connectivity index (χ1) is 23.8. The zero-order valence-electron chi connectivity index (χ0n) is 27.7. The van der Waals surface area contributed by atoms with Crippen molar-refractivity contribution in [1.82, 2.24) is 15.5 Å². The maximum Gasteiger partial charge on any atom is 0.416 e. The van der Waals surface area contributed by atoms with Crippen LogP contribution in [0.4, 0.5) is 26.3 Å². The second kappa shape index (κ2) is 13.0. The van der Waals surface area contributed by atoms with E-state index in [1.54, 1.807) is 12.1 Å². The van der Waals surface area contributed by atoms with Crippen molar-refractivity contribution in [3.63, 3.8) is 0 Å². The molecule has 8 rings (SSSR count). The fourth-order valence-electron chi connectivity index (χ4n) is 9.38. The first kappa shape index (κ1) is 34.6. The van der Waals surface area contributed by atoms with Gasteiger partial charge in [0.2, 0.25) is 11.8 Å². The Hall–Kier alpha value is -3.86. The molecule has 1 aliphatic heterocycles. The van der Waals surface area contributed by atoms with Crippen molar-refractivity contribution in [2.75, 3.05) is 26.2 Å². The van der Waals surface area contributed by atoms with Gasteiger partial charge in [-0.2, -0.15) is 26.3 Å². The maximum absolute atomic E-state index is 13.7. The predicted octanol–water partition coefficient (Wildman–Crippen LogP) is 7.77. The molecule has 5 aliphatic rings. The van der Waals surface area contributed by atoms with Crippen LogP contribution in [0.5, 0.6) is 0 Å². The van der Waals surface area contributed by atoms with Crippen LogP contribution >= 0.6 is 0 Å². The molecule has 3 saturated carbocycles. The van der Waals surface area contributed by atoms with Crippen LogP contribution in [0.1, 0.15) is 73.6 Å². The standard InChI is InChI=1S/C39H41F6N3O2/c40-38(41,42)24-46-35(50)37(31-9-3-1-7-29(31)30-8-2-4-10-32(30)37)17-5-6-18-48-19-15-28(16-20-48)47-34(49)33-21-25-22-36(33,23-25)26-11-13-27(14-12-26)39(43,44)45/h1-4,7-14,25,28,33H,5-6,15-24H2,(H,46,50)(H,47,49). The molecule has 2 bridgehead atoms. The zero-order chi connectivity index (χ0) is 35.3. The van der Waals surface area contributed by atoms with E-state index in [1.807, 2.05) is 48.5 Å². The maximum atomic E-state index is 13.7. The molecule has 3 aromatic carbocycles. The van der Waals surface area contributed by atoms with Crippen LogP contribution in [0.2, 0.25) is 0 Å². The SMILES string of the molecule is O=C(NC1CCN(CCCCC2(C(=O)NCC(F)(F)F)c3ccccc3-c3ccccc32)CC1)C1CC2CC1(c1ccc(C(F)(F)F)cc1)C2. The summed E-state index contributed by atoms with van der Waals surface area (Å²) in [7, 11) is 0. The molecule has 2 amide bonds. The summed E-state index contributed by atoms with van der Waals surface area (Å²) in [5.74, 6) is -0.456. The lowest BCUT2D eigenvalue weighted by Crippen LogP contribution is -2.49. The number of piperidine rings is 1. The van der Waals surface area contributed by atoms with Gasteiger partial charge in [-0.3, -0.25) is 9.59 Å². The molecule has 3 aromatic rings. The van der Waals surface area contributed by atoms with Crippen molar-refractivity contribution in [2.45, 2.75) is 80.6 Å². The Labute approximate surface area is 287 Å². The summed E-state index contributed by atoms with van der Waals surface area (Å²) in [6.07, 6.45) is -3.18. The smallest absolute Gasteiger partial charge is 0.353 e. The quantitative estimate of drug-likeness (QED) is 0.168. The van der Waals surface area contributed by atoms with E-state index in [-0.39, 0.29) is 23.3 Å². The predicted molar refractivity (Wildman–Crippen MR) is 177 cm³/mol. The third kappa shape index (κ3) is 6.31. The Kier molecular flexibility index (Phi) is 9.02. The van der Waals surface area contributed by atoms with Gasteiger partial charge in [0.05, 0.1) is 5.56 Å². The van der Waals surface area contributed by atoms with Crippen LogP contribution in [-0.4, -0.2) is 55.1 Å². The Morgan fingerprint density at radius 1 is 0.800 bits per heavy atom. The largest absolute Gasteiger partial charge is 0.416 e. The van der Waals surface area contributed by atoms with Crippen LogP contribution in [0.25, 0.3) is 11.1 Å². The van der Waals surface area contributed by atoms with Gasteiger partial charge in [0.1, 0.15) is 12.0 Å². The van der Waals surface area contributed by atoms with Crippen molar-refractivity contribution in [2.24, 2.45) is 11.8 Å². The van der Waals surface area contributed by atoms with Gasteiger partial charge in [0, 0.05) is 30.5 Å². The fourth-order valence-corrected chi connectivity index (χ4v) is 9.38. The number of likely N-dealkylation sites (tertiary alicyclic amines) is 1. The molecule has 2 N–H and O–H groups in total. The minimum absolute atomic E-state index is 0.00503. The summed E-state index contributed by atoms with van der Waals surface area (Å²) in [5.41, 5.74) is 1.74. The van der Waals surface area contributed by atoms with Crippen molar-refractivity contribution in [3.05, 3.63) is 95.1 Å². The molecular formula is C39H41F6N3O2. The van der Waals surface area contributed by atoms with E-state index in [4.69, 9.17) is 0 Å². The topological polar surface area (TPSA) is 61.4 Å². The zero-order valence-corrected chi connectivity index (χ0v) is 27.7. The average Bonchev–Trinajstić information content (AvgIpc) is 3.74.